The van der Waals surface area contributed by atoms with Crippen molar-refractivity contribution in [3.05, 3.63) is 0 Å². The largest absolute Gasteiger partial charge is 0.338 e. The topological polar surface area (TPSA) is 58.2 Å². The van der Waals surface area contributed by atoms with E-state index in [0.717, 1.165) is 0 Å². The maximum Gasteiger partial charge on any atom is 0.321 e. The summed E-state index contributed by atoms with van der Waals surface area (Å²) < 4.78 is 24.8. The van der Waals surface area contributed by atoms with E-state index in [9.17, 15) is 18.4 Å². The molecule has 86 valence electrons. The van der Waals surface area contributed by atoms with Crippen molar-refractivity contribution >= 4 is 23.5 Å². The van der Waals surface area contributed by atoms with Crippen LogP contribution in [0.4, 0.5) is 13.6 Å². The predicted octanol–water partition coefficient (Wildman–Crippen LogP) is 1.10. The minimum absolute atomic E-state index is 0.150. The van der Waals surface area contributed by atoms with Gasteiger partial charge in [-0.2, -0.15) is 0 Å². The molecular formula is C8H11ClF2N2O2. The van der Waals surface area contributed by atoms with Crippen LogP contribution in [0.2, 0.25) is 0 Å². The zero-order valence-corrected chi connectivity index (χ0v) is 8.61. The number of urea groups is 1. The summed E-state index contributed by atoms with van der Waals surface area (Å²) in [4.78, 5) is 21.6. The molecule has 1 aliphatic rings. The molecule has 2 N–H and O–H groups in total. The van der Waals surface area contributed by atoms with Crippen molar-refractivity contribution in [2.75, 3.05) is 12.4 Å². The lowest BCUT2D eigenvalue weighted by atomic mass is 9.81. The molecular weight excluding hydrogens is 230 g/mol. The van der Waals surface area contributed by atoms with Gasteiger partial charge >= 0.3 is 6.03 Å². The molecule has 1 fully saturated rings. The first kappa shape index (κ1) is 12.2. The predicted molar refractivity (Wildman–Crippen MR) is 49.9 cm³/mol. The van der Waals surface area contributed by atoms with Gasteiger partial charge in [0, 0.05) is 19.4 Å². The minimum Gasteiger partial charge on any atom is -0.338 e. The second-order valence-corrected chi connectivity index (χ2v) is 3.79. The summed E-state index contributed by atoms with van der Waals surface area (Å²) in [6.07, 6.45) is -0.423. The van der Waals surface area contributed by atoms with Gasteiger partial charge in [0.25, 0.3) is 0 Å². The molecule has 0 heterocycles. The molecule has 0 radical (unpaired) electrons. The molecule has 1 aliphatic carbocycles. The van der Waals surface area contributed by atoms with Crippen molar-refractivity contribution in [3.63, 3.8) is 0 Å². The van der Waals surface area contributed by atoms with E-state index < -0.39 is 17.9 Å². The Morgan fingerprint density at radius 1 is 1.40 bits per heavy atom. The van der Waals surface area contributed by atoms with Crippen LogP contribution in [-0.4, -0.2) is 30.3 Å². The molecule has 0 atom stereocenters. The summed E-state index contributed by atoms with van der Waals surface area (Å²) in [5, 5.41) is 4.27. The maximum absolute atomic E-state index is 12.4. The van der Waals surface area contributed by atoms with Gasteiger partial charge in [-0.25, -0.2) is 13.6 Å². The van der Waals surface area contributed by atoms with Crippen molar-refractivity contribution < 1.29 is 18.4 Å². The lowest BCUT2D eigenvalue weighted by molar-refractivity contribution is -0.118. The molecule has 3 amide bonds. The van der Waals surface area contributed by atoms with Gasteiger partial charge in [-0.1, -0.05) is 0 Å². The molecule has 0 aliphatic heterocycles. The zero-order chi connectivity index (χ0) is 11.5. The van der Waals surface area contributed by atoms with Gasteiger partial charge in [0.15, 0.2) is 0 Å². The number of imide groups is 1. The summed E-state index contributed by atoms with van der Waals surface area (Å²) >= 11 is 5.14. The van der Waals surface area contributed by atoms with E-state index in [1.807, 2.05) is 5.32 Å². The highest BCUT2D eigenvalue weighted by Gasteiger charge is 2.44. The summed E-state index contributed by atoms with van der Waals surface area (Å²) in [6, 6.07) is -0.698. The summed E-state index contributed by atoms with van der Waals surface area (Å²) in [5.74, 6) is -3.73. The first-order valence-corrected chi connectivity index (χ1v) is 4.98. The standard InChI is InChI=1S/C8H11ClF2N2O2/c9-3-6(14)13-7(15)12-4-5-1-8(10,11)2-5/h5H,1-4H2,(H2,12,13,14,15). The smallest absolute Gasteiger partial charge is 0.321 e. The van der Waals surface area contributed by atoms with Crippen LogP contribution in [0.5, 0.6) is 0 Å². The molecule has 0 aromatic rings. The van der Waals surface area contributed by atoms with Crippen LogP contribution < -0.4 is 10.6 Å². The number of carbonyl (C=O) groups excluding carboxylic acids is 2. The molecule has 15 heavy (non-hydrogen) atoms. The van der Waals surface area contributed by atoms with Crippen LogP contribution in [0.1, 0.15) is 12.8 Å². The third-order valence-electron chi connectivity index (χ3n) is 2.10. The Kier molecular flexibility index (Phi) is 3.84. The molecule has 0 bridgehead atoms. The number of carbonyl (C=O) groups is 2. The second kappa shape index (κ2) is 4.74. The number of amides is 3. The van der Waals surface area contributed by atoms with Crippen molar-refractivity contribution in [2.24, 2.45) is 5.92 Å². The van der Waals surface area contributed by atoms with Crippen LogP contribution in [-0.2, 0) is 4.79 Å². The van der Waals surface area contributed by atoms with Gasteiger partial charge in [-0.3, -0.25) is 10.1 Å². The van der Waals surface area contributed by atoms with E-state index in [-0.39, 0.29) is 31.2 Å². The van der Waals surface area contributed by atoms with Crippen molar-refractivity contribution in [1.29, 1.82) is 0 Å². The van der Waals surface area contributed by atoms with E-state index in [4.69, 9.17) is 11.6 Å². The normalized spacial score (nSPS) is 19.1. The highest BCUT2D eigenvalue weighted by Crippen LogP contribution is 2.41. The molecule has 1 saturated carbocycles. The third-order valence-corrected chi connectivity index (χ3v) is 2.34. The fraction of sp³-hybridized carbons (Fsp3) is 0.750. The average Bonchev–Trinajstić information content (AvgIpc) is 2.11. The first-order valence-electron chi connectivity index (χ1n) is 4.44. The first-order chi connectivity index (χ1) is 6.93. The highest BCUT2D eigenvalue weighted by atomic mass is 35.5. The number of rotatable bonds is 3. The number of halogens is 3. The van der Waals surface area contributed by atoms with E-state index in [2.05, 4.69) is 5.32 Å². The Bertz CT molecular complexity index is 265. The Labute approximate surface area is 90.3 Å². The number of nitrogens with one attached hydrogen (secondary N) is 2. The Morgan fingerprint density at radius 3 is 2.47 bits per heavy atom. The van der Waals surface area contributed by atoms with Crippen LogP contribution in [0.25, 0.3) is 0 Å². The maximum atomic E-state index is 12.4. The Balaban J connectivity index is 2.11. The van der Waals surface area contributed by atoms with Crippen LogP contribution >= 0.6 is 11.6 Å². The summed E-state index contributed by atoms with van der Waals surface area (Å²) in [6.45, 7) is 0.150. The summed E-state index contributed by atoms with van der Waals surface area (Å²) in [5.41, 5.74) is 0. The molecule has 0 aromatic heterocycles. The van der Waals surface area contributed by atoms with E-state index in [1.54, 1.807) is 0 Å². The number of hydrogen-bond donors (Lipinski definition) is 2. The van der Waals surface area contributed by atoms with Gasteiger partial charge in [0.2, 0.25) is 11.8 Å². The average molecular weight is 241 g/mol. The van der Waals surface area contributed by atoms with Crippen molar-refractivity contribution in [1.82, 2.24) is 10.6 Å². The Hall–Kier alpha value is -0.910. The van der Waals surface area contributed by atoms with Gasteiger partial charge in [0.1, 0.15) is 5.88 Å². The quantitative estimate of drug-likeness (QED) is 0.726. The van der Waals surface area contributed by atoms with Gasteiger partial charge in [-0.15, -0.1) is 11.6 Å². The molecule has 4 nitrogen and oxygen atoms in total. The minimum atomic E-state index is -2.59. The lowest BCUT2D eigenvalue weighted by Gasteiger charge is -2.34. The zero-order valence-electron chi connectivity index (χ0n) is 7.86. The van der Waals surface area contributed by atoms with E-state index >= 15 is 0 Å². The van der Waals surface area contributed by atoms with E-state index in [1.165, 1.54) is 0 Å². The van der Waals surface area contributed by atoms with Crippen LogP contribution in [0.3, 0.4) is 0 Å². The fourth-order valence-electron chi connectivity index (χ4n) is 1.37. The Morgan fingerprint density at radius 2 is 2.00 bits per heavy atom. The van der Waals surface area contributed by atoms with Crippen molar-refractivity contribution in [3.8, 4) is 0 Å². The van der Waals surface area contributed by atoms with Crippen LogP contribution in [0, 0.1) is 5.92 Å². The molecule has 0 spiro atoms. The monoisotopic (exact) mass is 240 g/mol. The lowest BCUT2D eigenvalue weighted by Crippen LogP contribution is -2.46. The SMILES string of the molecule is O=C(CCl)NC(=O)NCC1CC(F)(F)C1. The second-order valence-electron chi connectivity index (χ2n) is 3.52. The van der Waals surface area contributed by atoms with Crippen molar-refractivity contribution in [2.45, 2.75) is 18.8 Å². The van der Waals surface area contributed by atoms with Gasteiger partial charge < -0.3 is 5.32 Å². The molecule has 7 heteroatoms. The third kappa shape index (κ3) is 3.99. The van der Waals surface area contributed by atoms with Gasteiger partial charge in [-0.05, 0) is 5.92 Å². The molecule has 0 saturated heterocycles. The van der Waals surface area contributed by atoms with E-state index in [0.29, 0.717) is 0 Å². The summed E-state index contributed by atoms with van der Waals surface area (Å²) in [7, 11) is 0. The fourth-order valence-corrected chi connectivity index (χ4v) is 1.44. The van der Waals surface area contributed by atoms with Gasteiger partial charge in [0.05, 0.1) is 0 Å². The molecule has 0 unspecified atom stereocenters. The molecule has 0 aromatic carbocycles. The number of hydrogen-bond acceptors (Lipinski definition) is 2. The van der Waals surface area contributed by atoms with Crippen LogP contribution in [0.15, 0.2) is 0 Å². The molecule has 1 rings (SSSR count). The highest BCUT2D eigenvalue weighted by molar-refractivity contribution is 6.28. The number of alkyl halides is 3.